The molecule has 3 nitrogen and oxygen atoms in total. The number of hydrogen-bond donors (Lipinski definition) is 1. The third-order valence-electron chi connectivity index (χ3n) is 4.27. The van der Waals surface area contributed by atoms with Crippen LogP contribution in [0.4, 0.5) is 0 Å². The van der Waals surface area contributed by atoms with Crippen LogP contribution in [-0.4, -0.2) is 17.8 Å². The summed E-state index contributed by atoms with van der Waals surface area (Å²) in [5.41, 5.74) is 2.33. The molecule has 0 spiro atoms. The van der Waals surface area contributed by atoms with E-state index < -0.39 is 0 Å². The van der Waals surface area contributed by atoms with Crippen LogP contribution >= 0.6 is 27.7 Å². The van der Waals surface area contributed by atoms with Gasteiger partial charge in [-0.2, -0.15) is 0 Å². The molecule has 0 aliphatic carbocycles. The van der Waals surface area contributed by atoms with Crippen molar-refractivity contribution >= 4 is 33.6 Å². The van der Waals surface area contributed by atoms with E-state index >= 15 is 0 Å². The average Bonchev–Trinajstić information content (AvgIpc) is 2.99. The monoisotopic (exact) mass is 389 g/mol. The predicted octanol–water partition coefficient (Wildman–Crippen LogP) is 4.11. The molecule has 1 amide bonds. The number of ether oxygens (including phenoxy) is 1. The summed E-state index contributed by atoms with van der Waals surface area (Å²) in [4.78, 5) is 13.9. The number of hydrogen-bond acceptors (Lipinski definition) is 3. The second kappa shape index (κ2) is 6.21. The number of benzene rings is 2. The van der Waals surface area contributed by atoms with Crippen molar-refractivity contribution in [1.29, 1.82) is 0 Å². The third-order valence-corrected chi connectivity index (χ3v) is 6.08. The molecule has 0 radical (unpaired) electrons. The van der Waals surface area contributed by atoms with E-state index in [0.717, 1.165) is 28.6 Å². The molecule has 2 heterocycles. The van der Waals surface area contributed by atoms with Gasteiger partial charge < -0.3 is 10.1 Å². The van der Waals surface area contributed by atoms with Crippen molar-refractivity contribution < 1.29 is 9.53 Å². The fraction of sp³-hybridized carbons (Fsp3) is 0.278. The van der Waals surface area contributed by atoms with Crippen LogP contribution in [0, 0.1) is 0 Å². The maximum Gasteiger partial charge on any atom is 0.234 e. The standard InChI is InChI=1S/C18H16BrNO2S/c19-12-5-6-15-13(10-12)14(7-8-22-15)20-18(21)17-9-11-3-1-2-4-16(11)23-17/h1-6,10,14,17H,7-9H2,(H,20,21). The highest BCUT2D eigenvalue weighted by Gasteiger charge is 2.31. The zero-order chi connectivity index (χ0) is 15.8. The number of carbonyl (C=O) groups excluding carboxylic acids is 1. The van der Waals surface area contributed by atoms with Gasteiger partial charge in [0, 0.05) is 21.4 Å². The van der Waals surface area contributed by atoms with Gasteiger partial charge in [0.2, 0.25) is 5.91 Å². The molecular weight excluding hydrogens is 374 g/mol. The lowest BCUT2D eigenvalue weighted by Gasteiger charge is -2.27. The number of halogens is 1. The largest absolute Gasteiger partial charge is 0.493 e. The highest BCUT2D eigenvalue weighted by molar-refractivity contribution is 9.10. The molecule has 2 unspecified atom stereocenters. The number of fused-ring (bicyclic) bond motifs is 2. The summed E-state index contributed by atoms with van der Waals surface area (Å²) in [5.74, 6) is 0.983. The first-order valence-electron chi connectivity index (χ1n) is 7.68. The highest BCUT2D eigenvalue weighted by atomic mass is 79.9. The Bertz CT molecular complexity index is 739. The van der Waals surface area contributed by atoms with Crippen LogP contribution in [0.5, 0.6) is 5.75 Å². The van der Waals surface area contributed by atoms with Gasteiger partial charge in [0.1, 0.15) is 5.75 Å². The lowest BCUT2D eigenvalue weighted by Crippen LogP contribution is -2.37. The van der Waals surface area contributed by atoms with Gasteiger partial charge in [-0.3, -0.25) is 4.79 Å². The first-order chi connectivity index (χ1) is 11.2. The number of amides is 1. The molecule has 0 fully saturated rings. The van der Waals surface area contributed by atoms with Crippen LogP contribution in [0.1, 0.15) is 23.6 Å². The minimum Gasteiger partial charge on any atom is -0.493 e. The first kappa shape index (κ1) is 15.1. The molecule has 2 aliphatic heterocycles. The summed E-state index contributed by atoms with van der Waals surface area (Å²) in [6.07, 6.45) is 1.61. The van der Waals surface area contributed by atoms with Gasteiger partial charge in [-0.15, -0.1) is 11.8 Å². The number of carbonyl (C=O) groups is 1. The van der Waals surface area contributed by atoms with E-state index in [1.807, 2.05) is 30.3 Å². The summed E-state index contributed by atoms with van der Waals surface area (Å²) < 4.78 is 6.69. The molecular formula is C18H16BrNO2S. The number of nitrogens with one attached hydrogen (secondary N) is 1. The Morgan fingerprint density at radius 2 is 2.13 bits per heavy atom. The van der Waals surface area contributed by atoms with Gasteiger partial charge >= 0.3 is 0 Å². The number of thioether (sulfide) groups is 1. The third kappa shape index (κ3) is 3.00. The molecule has 2 atom stereocenters. The van der Waals surface area contributed by atoms with Gasteiger partial charge in [-0.05, 0) is 36.2 Å². The molecule has 4 rings (SSSR count). The van der Waals surface area contributed by atoms with Crippen molar-refractivity contribution in [3.05, 3.63) is 58.1 Å². The second-order valence-corrected chi connectivity index (χ2v) is 7.96. The lowest BCUT2D eigenvalue weighted by molar-refractivity contribution is -0.121. The van der Waals surface area contributed by atoms with Crippen molar-refractivity contribution in [2.75, 3.05) is 6.61 Å². The Labute approximate surface area is 147 Å². The molecule has 0 aromatic heterocycles. The van der Waals surface area contributed by atoms with Gasteiger partial charge in [-0.1, -0.05) is 34.1 Å². The smallest absolute Gasteiger partial charge is 0.234 e. The fourth-order valence-electron chi connectivity index (χ4n) is 3.11. The Kier molecular flexibility index (Phi) is 4.07. The van der Waals surface area contributed by atoms with Crippen LogP contribution in [0.2, 0.25) is 0 Å². The summed E-state index contributed by atoms with van der Waals surface area (Å²) in [7, 11) is 0. The first-order valence-corrected chi connectivity index (χ1v) is 9.35. The molecule has 5 heteroatoms. The minimum atomic E-state index is -0.0363. The van der Waals surface area contributed by atoms with Crippen molar-refractivity contribution in [2.45, 2.75) is 29.0 Å². The van der Waals surface area contributed by atoms with Crippen molar-refractivity contribution in [3.63, 3.8) is 0 Å². The molecule has 2 aromatic carbocycles. The van der Waals surface area contributed by atoms with E-state index in [1.165, 1.54) is 10.5 Å². The van der Waals surface area contributed by atoms with Crippen LogP contribution < -0.4 is 10.1 Å². The SMILES string of the molecule is O=C(NC1CCOc2ccc(Br)cc21)C1Cc2ccccc2S1. The van der Waals surface area contributed by atoms with Gasteiger partial charge in [-0.25, -0.2) is 0 Å². The summed E-state index contributed by atoms with van der Waals surface area (Å²) in [6, 6.07) is 14.2. The zero-order valence-electron chi connectivity index (χ0n) is 12.4. The van der Waals surface area contributed by atoms with E-state index in [9.17, 15) is 4.79 Å². The minimum absolute atomic E-state index is 0.0214. The molecule has 23 heavy (non-hydrogen) atoms. The molecule has 0 saturated carbocycles. The van der Waals surface area contributed by atoms with Gasteiger partial charge in [0.15, 0.2) is 0 Å². The Morgan fingerprint density at radius 1 is 1.26 bits per heavy atom. The van der Waals surface area contributed by atoms with Crippen LogP contribution in [0.15, 0.2) is 51.8 Å². The average molecular weight is 390 g/mol. The maximum absolute atomic E-state index is 12.7. The molecule has 0 saturated heterocycles. The normalized spacial score (nSPS) is 22.0. The molecule has 118 valence electrons. The van der Waals surface area contributed by atoms with E-state index in [4.69, 9.17) is 4.74 Å². The Hall–Kier alpha value is -1.46. The molecule has 1 N–H and O–H groups in total. The second-order valence-electron chi connectivity index (χ2n) is 5.80. The van der Waals surface area contributed by atoms with Gasteiger partial charge in [0.25, 0.3) is 0 Å². The Morgan fingerprint density at radius 3 is 3.00 bits per heavy atom. The van der Waals surface area contributed by atoms with E-state index in [2.05, 4.69) is 33.4 Å². The predicted molar refractivity (Wildman–Crippen MR) is 94.9 cm³/mol. The molecule has 2 aliphatic rings. The van der Waals surface area contributed by atoms with Crippen molar-refractivity contribution in [3.8, 4) is 5.75 Å². The summed E-state index contributed by atoms with van der Waals surface area (Å²) in [5, 5.41) is 3.18. The van der Waals surface area contributed by atoms with Crippen LogP contribution in [0.25, 0.3) is 0 Å². The quantitative estimate of drug-likeness (QED) is 0.839. The number of rotatable bonds is 2. The topological polar surface area (TPSA) is 38.3 Å². The van der Waals surface area contributed by atoms with Crippen LogP contribution in [0.3, 0.4) is 0 Å². The lowest BCUT2D eigenvalue weighted by atomic mass is 10.00. The molecule has 2 aromatic rings. The summed E-state index contributed by atoms with van der Waals surface area (Å²) in [6.45, 7) is 0.637. The fourth-order valence-corrected chi connectivity index (χ4v) is 4.69. The van der Waals surface area contributed by atoms with Gasteiger partial charge in [0.05, 0.1) is 17.9 Å². The molecule has 0 bridgehead atoms. The maximum atomic E-state index is 12.7. The highest BCUT2D eigenvalue weighted by Crippen LogP contribution is 2.38. The van der Waals surface area contributed by atoms with Crippen molar-refractivity contribution in [1.82, 2.24) is 5.32 Å². The van der Waals surface area contributed by atoms with E-state index in [1.54, 1.807) is 11.8 Å². The Balaban J connectivity index is 1.50. The van der Waals surface area contributed by atoms with Crippen LogP contribution in [-0.2, 0) is 11.2 Å². The summed E-state index contributed by atoms with van der Waals surface area (Å²) >= 11 is 5.16. The van der Waals surface area contributed by atoms with E-state index in [-0.39, 0.29) is 17.2 Å². The van der Waals surface area contributed by atoms with Crippen molar-refractivity contribution in [2.24, 2.45) is 0 Å². The van der Waals surface area contributed by atoms with E-state index in [0.29, 0.717) is 6.61 Å². The zero-order valence-corrected chi connectivity index (χ0v) is 14.8.